The fourth-order valence-electron chi connectivity index (χ4n) is 1.45. The van der Waals surface area contributed by atoms with Gasteiger partial charge in [0.25, 0.3) is 0 Å². The summed E-state index contributed by atoms with van der Waals surface area (Å²) in [6.45, 7) is 7.17. The first-order valence-electron chi connectivity index (χ1n) is 5.52. The summed E-state index contributed by atoms with van der Waals surface area (Å²) in [5, 5.41) is 0.992. The molecule has 0 atom stereocenters. The van der Waals surface area contributed by atoms with Gasteiger partial charge in [0, 0.05) is 12.6 Å². The fourth-order valence-corrected chi connectivity index (χ4v) is 2.81. The summed E-state index contributed by atoms with van der Waals surface area (Å²) in [6, 6.07) is 0.322. The predicted octanol–water partition coefficient (Wildman–Crippen LogP) is 3.21. The van der Waals surface area contributed by atoms with Gasteiger partial charge in [0.2, 0.25) is 0 Å². The van der Waals surface area contributed by atoms with Crippen LogP contribution >= 0.6 is 22.9 Å². The Hall–Kier alpha value is -0.810. The fraction of sp³-hybridized carbons (Fsp3) is 0.636. The molecule has 0 aliphatic rings. The predicted molar refractivity (Wildman–Crippen MR) is 71.2 cm³/mol. The lowest BCUT2D eigenvalue weighted by atomic mass is 10.3. The van der Waals surface area contributed by atoms with E-state index in [2.05, 4.69) is 35.4 Å². The number of carbonyl (C=O) groups is 1. The smallest absolute Gasteiger partial charge is 0.351 e. The first kappa shape index (κ1) is 14.3. The first-order valence-corrected chi connectivity index (χ1v) is 6.72. The number of aromatic nitrogens is 1. The quantitative estimate of drug-likeness (QED) is 0.775. The summed E-state index contributed by atoms with van der Waals surface area (Å²) in [5.74, 6) is -0.432. The summed E-state index contributed by atoms with van der Waals surface area (Å²) in [6.07, 6.45) is 1.02. The highest BCUT2D eigenvalue weighted by Gasteiger charge is 2.21. The number of ether oxygens (including phenoxy) is 1. The molecular formula is C11H17ClN2O2S. The number of hydrogen-bond donors (Lipinski definition) is 0. The molecule has 0 aliphatic heterocycles. The Bertz CT molecular complexity index is 393. The van der Waals surface area contributed by atoms with Gasteiger partial charge in [-0.3, -0.25) is 0 Å². The minimum Gasteiger partial charge on any atom is -0.465 e. The molecule has 6 heteroatoms. The molecule has 0 unspecified atom stereocenters. The zero-order chi connectivity index (χ0) is 13.0. The van der Waals surface area contributed by atoms with Gasteiger partial charge in [-0.2, -0.15) is 0 Å². The second-order valence-corrected chi connectivity index (χ2v) is 5.23. The van der Waals surface area contributed by atoms with E-state index in [4.69, 9.17) is 11.6 Å². The number of methoxy groups -OCH3 is 1. The Morgan fingerprint density at radius 3 is 2.71 bits per heavy atom. The number of anilines is 1. The summed E-state index contributed by atoms with van der Waals surface area (Å²) in [7, 11) is 1.34. The Labute approximate surface area is 111 Å². The minimum atomic E-state index is -0.432. The normalized spacial score (nSPS) is 10.7. The lowest BCUT2D eigenvalue weighted by Crippen LogP contribution is -2.31. The van der Waals surface area contributed by atoms with Crippen molar-refractivity contribution < 1.29 is 9.53 Å². The molecule has 0 fully saturated rings. The van der Waals surface area contributed by atoms with Gasteiger partial charge in [0.1, 0.15) is 0 Å². The maximum absolute atomic E-state index is 11.4. The van der Waals surface area contributed by atoms with Gasteiger partial charge in [-0.05, 0) is 20.3 Å². The SMILES string of the molecule is CCCN(c1nc(Cl)c(C(=O)OC)s1)C(C)C. The summed E-state index contributed by atoms with van der Waals surface area (Å²) >= 11 is 7.22. The van der Waals surface area contributed by atoms with E-state index in [1.165, 1.54) is 18.4 Å². The molecule has 4 nitrogen and oxygen atoms in total. The third-order valence-corrected chi connectivity index (χ3v) is 3.74. The van der Waals surface area contributed by atoms with Crippen LogP contribution in [0.25, 0.3) is 0 Å². The van der Waals surface area contributed by atoms with Crippen LogP contribution in [0.15, 0.2) is 0 Å². The van der Waals surface area contributed by atoms with E-state index in [1.807, 2.05) is 0 Å². The number of esters is 1. The molecule has 0 bridgehead atoms. The molecule has 0 N–H and O–H groups in total. The highest BCUT2D eigenvalue weighted by atomic mass is 35.5. The molecule has 0 radical (unpaired) electrons. The zero-order valence-corrected chi connectivity index (χ0v) is 12.1. The zero-order valence-electron chi connectivity index (χ0n) is 10.5. The Morgan fingerprint density at radius 2 is 2.24 bits per heavy atom. The second-order valence-electron chi connectivity index (χ2n) is 3.90. The average Bonchev–Trinajstić information content (AvgIpc) is 2.66. The number of halogens is 1. The number of thiazole rings is 1. The van der Waals surface area contributed by atoms with Crippen molar-refractivity contribution >= 4 is 34.0 Å². The van der Waals surface area contributed by atoms with E-state index in [1.54, 1.807) is 0 Å². The van der Waals surface area contributed by atoms with Gasteiger partial charge >= 0.3 is 5.97 Å². The number of hydrogen-bond acceptors (Lipinski definition) is 5. The van der Waals surface area contributed by atoms with Gasteiger partial charge in [-0.25, -0.2) is 9.78 Å². The topological polar surface area (TPSA) is 42.4 Å². The molecule has 1 aromatic heterocycles. The monoisotopic (exact) mass is 276 g/mol. The lowest BCUT2D eigenvalue weighted by molar-refractivity contribution is 0.0606. The molecule has 1 rings (SSSR count). The summed E-state index contributed by atoms with van der Waals surface area (Å²) in [4.78, 5) is 18.2. The maximum atomic E-state index is 11.4. The third-order valence-electron chi connectivity index (χ3n) is 2.28. The molecular weight excluding hydrogens is 260 g/mol. The van der Waals surface area contributed by atoms with Crippen molar-refractivity contribution in [3.63, 3.8) is 0 Å². The van der Waals surface area contributed by atoms with Gasteiger partial charge in [-0.1, -0.05) is 29.9 Å². The van der Waals surface area contributed by atoms with Crippen LogP contribution < -0.4 is 4.90 Å². The van der Waals surface area contributed by atoms with Crippen LogP contribution in [-0.4, -0.2) is 30.6 Å². The van der Waals surface area contributed by atoms with E-state index in [0.717, 1.165) is 18.1 Å². The molecule has 0 saturated heterocycles. The molecule has 0 spiro atoms. The number of nitrogens with zero attached hydrogens (tertiary/aromatic N) is 2. The van der Waals surface area contributed by atoms with Crippen LogP contribution in [0.1, 0.15) is 36.9 Å². The van der Waals surface area contributed by atoms with Crippen molar-refractivity contribution in [1.82, 2.24) is 4.98 Å². The summed E-state index contributed by atoms with van der Waals surface area (Å²) in [5.41, 5.74) is 0. The standard InChI is InChI=1S/C11H17ClN2O2S/c1-5-6-14(7(2)3)11-13-9(12)8(17-11)10(15)16-4/h7H,5-6H2,1-4H3. The van der Waals surface area contributed by atoms with Gasteiger partial charge in [-0.15, -0.1) is 0 Å². The van der Waals surface area contributed by atoms with E-state index >= 15 is 0 Å². The highest BCUT2D eigenvalue weighted by Crippen LogP contribution is 2.31. The highest BCUT2D eigenvalue weighted by molar-refractivity contribution is 7.18. The van der Waals surface area contributed by atoms with Crippen molar-refractivity contribution in [3.05, 3.63) is 10.0 Å². The minimum absolute atomic E-state index is 0.221. The number of carbonyl (C=O) groups excluding carboxylic acids is 1. The van der Waals surface area contributed by atoms with Crippen molar-refractivity contribution in [2.75, 3.05) is 18.6 Å². The molecule has 96 valence electrons. The first-order chi connectivity index (χ1) is 8.01. The molecule has 0 aromatic carbocycles. The summed E-state index contributed by atoms with van der Waals surface area (Å²) < 4.78 is 4.66. The Balaban J connectivity index is 3.01. The van der Waals surface area contributed by atoms with Gasteiger partial charge in [0.05, 0.1) is 7.11 Å². The van der Waals surface area contributed by atoms with Crippen molar-refractivity contribution in [3.8, 4) is 0 Å². The largest absolute Gasteiger partial charge is 0.465 e. The van der Waals surface area contributed by atoms with Crippen molar-refractivity contribution in [2.24, 2.45) is 0 Å². The van der Waals surface area contributed by atoms with Gasteiger partial charge < -0.3 is 9.64 Å². The van der Waals surface area contributed by atoms with Crippen molar-refractivity contribution in [2.45, 2.75) is 33.2 Å². The molecule has 0 amide bonds. The molecule has 0 aliphatic carbocycles. The molecule has 0 saturated carbocycles. The molecule has 1 aromatic rings. The van der Waals surface area contributed by atoms with E-state index < -0.39 is 5.97 Å². The van der Waals surface area contributed by atoms with Crippen LogP contribution in [0.2, 0.25) is 5.15 Å². The van der Waals surface area contributed by atoms with Crippen LogP contribution in [0, 0.1) is 0 Å². The molecule has 17 heavy (non-hydrogen) atoms. The van der Waals surface area contributed by atoms with Crippen LogP contribution in [0.3, 0.4) is 0 Å². The van der Waals surface area contributed by atoms with E-state index in [0.29, 0.717) is 10.9 Å². The van der Waals surface area contributed by atoms with E-state index in [9.17, 15) is 4.79 Å². The van der Waals surface area contributed by atoms with Crippen molar-refractivity contribution in [1.29, 1.82) is 0 Å². The maximum Gasteiger partial charge on any atom is 0.351 e. The lowest BCUT2D eigenvalue weighted by Gasteiger charge is -2.25. The van der Waals surface area contributed by atoms with Crippen LogP contribution in [0.4, 0.5) is 5.13 Å². The Kier molecular flexibility index (Phi) is 5.21. The molecule has 1 heterocycles. The number of rotatable bonds is 5. The van der Waals surface area contributed by atoms with E-state index in [-0.39, 0.29) is 5.15 Å². The third kappa shape index (κ3) is 3.33. The Morgan fingerprint density at radius 1 is 1.59 bits per heavy atom. The van der Waals surface area contributed by atoms with Crippen LogP contribution in [-0.2, 0) is 4.74 Å². The van der Waals surface area contributed by atoms with Crippen LogP contribution in [0.5, 0.6) is 0 Å². The van der Waals surface area contributed by atoms with Gasteiger partial charge in [0.15, 0.2) is 15.2 Å². The second kappa shape index (κ2) is 6.21. The average molecular weight is 277 g/mol.